The highest BCUT2D eigenvalue weighted by Gasteiger charge is 2.23. The van der Waals surface area contributed by atoms with E-state index in [9.17, 15) is 4.79 Å². The number of benzene rings is 1. The molecule has 23 heavy (non-hydrogen) atoms. The van der Waals surface area contributed by atoms with Crippen LogP contribution in [0.4, 0.5) is 0 Å². The van der Waals surface area contributed by atoms with E-state index in [1.807, 2.05) is 30.5 Å². The summed E-state index contributed by atoms with van der Waals surface area (Å²) in [4.78, 5) is 22.6. The van der Waals surface area contributed by atoms with Gasteiger partial charge in [-0.05, 0) is 48.2 Å². The van der Waals surface area contributed by atoms with E-state index in [1.165, 1.54) is 0 Å². The number of piperidine rings is 1. The molecule has 1 aromatic heterocycles. The number of carbonyl (C=O) groups excluding carboxylic acids is 1. The monoisotopic (exact) mass is 324 g/mol. The van der Waals surface area contributed by atoms with Crippen LogP contribution in [0.1, 0.15) is 41.2 Å². The highest BCUT2D eigenvalue weighted by atomic mass is 32.1. The zero-order chi connectivity index (χ0) is 16.1. The van der Waals surface area contributed by atoms with Crippen molar-refractivity contribution in [3.63, 3.8) is 0 Å². The summed E-state index contributed by atoms with van der Waals surface area (Å²) in [6.07, 6.45) is 6.83. The number of hydrogen-bond donors (Lipinski definition) is 0. The van der Waals surface area contributed by atoms with Crippen molar-refractivity contribution in [1.82, 2.24) is 9.88 Å². The molecule has 1 amide bonds. The number of hydrogen-bond acceptors (Lipinski definition) is 3. The zero-order valence-corrected chi connectivity index (χ0v) is 13.6. The number of nitrogens with zero attached hydrogens (tertiary/aromatic N) is 3. The number of rotatable bonds is 2. The highest BCUT2D eigenvalue weighted by Crippen LogP contribution is 2.30. The van der Waals surface area contributed by atoms with Crippen LogP contribution in [0, 0.1) is 0 Å². The standard InChI is InChI=1S/C18H19N3OS/c22-17(14-7-2-1-3-8-14)20-18(23)21-12-5-4-10-16(21)15-9-6-11-19-13-15/h1-3,6-9,11,13,16H,4-5,10,12H2,(H,20,22,23)/p-1. The van der Waals surface area contributed by atoms with Crippen molar-refractivity contribution >= 4 is 23.7 Å². The molecule has 0 spiro atoms. The number of amides is 1. The predicted octanol–water partition coefficient (Wildman–Crippen LogP) is 3.35. The Morgan fingerprint density at radius 3 is 2.74 bits per heavy atom. The number of likely N-dealkylation sites (tertiary alicyclic amines) is 1. The molecule has 2 aromatic rings. The van der Waals surface area contributed by atoms with Crippen molar-refractivity contribution in [1.29, 1.82) is 0 Å². The second-order valence-electron chi connectivity index (χ2n) is 5.56. The second-order valence-corrected chi connectivity index (χ2v) is 5.92. The van der Waals surface area contributed by atoms with E-state index >= 15 is 0 Å². The number of amidine groups is 1. The average Bonchev–Trinajstić information content (AvgIpc) is 2.63. The Kier molecular flexibility index (Phi) is 4.98. The van der Waals surface area contributed by atoms with Gasteiger partial charge in [-0.15, -0.1) is 0 Å². The van der Waals surface area contributed by atoms with Crippen LogP contribution in [-0.4, -0.2) is 27.5 Å². The van der Waals surface area contributed by atoms with Crippen LogP contribution in [0.25, 0.3) is 0 Å². The summed E-state index contributed by atoms with van der Waals surface area (Å²) in [7, 11) is 0. The van der Waals surface area contributed by atoms with Crippen LogP contribution in [0.15, 0.2) is 59.9 Å². The van der Waals surface area contributed by atoms with E-state index in [1.54, 1.807) is 18.3 Å². The summed E-state index contributed by atoms with van der Waals surface area (Å²) < 4.78 is 0. The molecule has 0 aliphatic carbocycles. The lowest BCUT2D eigenvalue weighted by atomic mass is 9.97. The fourth-order valence-corrected chi connectivity index (χ4v) is 3.18. The van der Waals surface area contributed by atoms with Crippen molar-refractivity contribution in [2.75, 3.05) is 6.54 Å². The van der Waals surface area contributed by atoms with Crippen LogP contribution in [0.5, 0.6) is 0 Å². The predicted molar refractivity (Wildman–Crippen MR) is 93.1 cm³/mol. The molecule has 5 heteroatoms. The molecule has 3 rings (SSSR count). The highest BCUT2D eigenvalue weighted by molar-refractivity contribution is 7.77. The first-order chi connectivity index (χ1) is 11.3. The van der Waals surface area contributed by atoms with Crippen LogP contribution in [-0.2, 0) is 12.6 Å². The van der Waals surface area contributed by atoms with Crippen molar-refractivity contribution in [2.45, 2.75) is 25.3 Å². The Hall–Kier alpha value is -2.27. The van der Waals surface area contributed by atoms with Crippen LogP contribution < -0.4 is 0 Å². The molecular weight excluding hydrogens is 306 g/mol. The number of aromatic nitrogens is 1. The van der Waals surface area contributed by atoms with Gasteiger partial charge in [0.2, 0.25) is 0 Å². The third kappa shape index (κ3) is 3.74. The Morgan fingerprint density at radius 1 is 1.17 bits per heavy atom. The molecule has 1 aliphatic rings. The zero-order valence-electron chi connectivity index (χ0n) is 12.8. The smallest absolute Gasteiger partial charge is 0.276 e. The maximum atomic E-state index is 12.2. The van der Waals surface area contributed by atoms with Gasteiger partial charge in [0.05, 0.1) is 6.04 Å². The Morgan fingerprint density at radius 2 is 2.00 bits per heavy atom. The number of carbonyl (C=O) groups is 1. The Labute approximate surface area is 141 Å². The average molecular weight is 324 g/mol. The lowest BCUT2D eigenvalue weighted by Gasteiger charge is -2.41. The van der Waals surface area contributed by atoms with Crippen LogP contribution >= 0.6 is 0 Å². The largest absolute Gasteiger partial charge is 0.742 e. The Bertz CT molecular complexity index is 688. The van der Waals surface area contributed by atoms with E-state index in [0.717, 1.165) is 31.4 Å². The fourth-order valence-electron chi connectivity index (χ4n) is 2.88. The molecule has 0 bridgehead atoms. The van der Waals surface area contributed by atoms with Gasteiger partial charge in [-0.3, -0.25) is 9.78 Å². The van der Waals surface area contributed by atoms with Crippen LogP contribution in [0.3, 0.4) is 0 Å². The number of pyridine rings is 1. The van der Waals surface area contributed by atoms with E-state index in [-0.39, 0.29) is 11.9 Å². The SMILES string of the molecule is O=C(N=C([S-])N1CCCCC1c1cccnc1)c1ccccc1. The molecule has 4 nitrogen and oxygen atoms in total. The minimum Gasteiger partial charge on any atom is -0.742 e. The third-order valence-corrected chi connectivity index (χ3v) is 4.36. The first kappa shape index (κ1) is 15.6. The maximum absolute atomic E-state index is 12.2. The molecule has 118 valence electrons. The summed E-state index contributed by atoms with van der Waals surface area (Å²) >= 11 is 5.45. The third-order valence-electron chi connectivity index (χ3n) is 4.04. The van der Waals surface area contributed by atoms with Gasteiger partial charge in [-0.1, -0.05) is 24.3 Å². The molecule has 0 N–H and O–H groups in total. The minimum atomic E-state index is -0.286. The normalized spacial score (nSPS) is 18.7. The first-order valence-corrected chi connectivity index (χ1v) is 8.18. The van der Waals surface area contributed by atoms with Gasteiger partial charge in [-0.2, -0.15) is 0 Å². The molecule has 1 atom stereocenters. The summed E-state index contributed by atoms with van der Waals surface area (Å²) in [5.74, 6) is -0.286. The lowest BCUT2D eigenvalue weighted by Crippen LogP contribution is -2.38. The summed E-state index contributed by atoms with van der Waals surface area (Å²) in [6.45, 7) is 0.823. The van der Waals surface area contributed by atoms with Gasteiger partial charge < -0.3 is 17.5 Å². The lowest BCUT2D eigenvalue weighted by molar-refractivity contribution is 0.100. The Balaban J connectivity index is 1.83. The molecule has 1 aromatic carbocycles. The molecule has 0 saturated carbocycles. The quantitative estimate of drug-likeness (QED) is 0.483. The molecule has 2 heterocycles. The van der Waals surface area contributed by atoms with Gasteiger partial charge in [-0.25, -0.2) is 4.99 Å². The molecular formula is C18H18N3OS-. The van der Waals surface area contributed by atoms with Gasteiger partial charge in [0, 0.05) is 24.5 Å². The molecule has 1 fully saturated rings. The fraction of sp³-hybridized carbons (Fsp3) is 0.278. The second kappa shape index (κ2) is 7.33. The summed E-state index contributed by atoms with van der Waals surface area (Å²) in [5, 5.41) is 0.368. The van der Waals surface area contributed by atoms with Crippen LogP contribution in [0.2, 0.25) is 0 Å². The van der Waals surface area contributed by atoms with Gasteiger partial charge >= 0.3 is 0 Å². The van der Waals surface area contributed by atoms with Gasteiger partial charge in [0.25, 0.3) is 5.91 Å². The van der Waals surface area contributed by atoms with E-state index in [0.29, 0.717) is 10.7 Å². The number of aliphatic imine (C=N–C) groups is 1. The topological polar surface area (TPSA) is 45.6 Å². The minimum absolute atomic E-state index is 0.150. The van der Waals surface area contributed by atoms with Gasteiger partial charge in [0.15, 0.2) is 0 Å². The summed E-state index contributed by atoms with van der Waals surface area (Å²) in [5.41, 5.74) is 1.68. The maximum Gasteiger partial charge on any atom is 0.276 e. The van der Waals surface area contributed by atoms with Gasteiger partial charge in [0.1, 0.15) is 0 Å². The molecule has 1 unspecified atom stereocenters. The van der Waals surface area contributed by atoms with E-state index < -0.39 is 0 Å². The molecule has 1 aliphatic heterocycles. The first-order valence-electron chi connectivity index (χ1n) is 7.77. The van der Waals surface area contributed by atoms with E-state index in [4.69, 9.17) is 12.6 Å². The molecule has 1 saturated heterocycles. The van der Waals surface area contributed by atoms with Crippen molar-refractivity contribution in [3.8, 4) is 0 Å². The van der Waals surface area contributed by atoms with Crippen molar-refractivity contribution < 1.29 is 4.79 Å². The van der Waals surface area contributed by atoms with E-state index in [2.05, 4.69) is 20.9 Å². The van der Waals surface area contributed by atoms with Crippen molar-refractivity contribution in [2.24, 2.45) is 4.99 Å². The molecule has 0 radical (unpaired) electrons. The summed E-state index contributed by atoms with van der Waals surface area (Å²) in [6, 6.07) is 13.2. The van der Waals surface area contributed by atoms with Crippen molar-refractivity contribution in [3.05, 3.63) is 66.0 Å².